The molecule has 1 aromatic rings. The van der Waals surface area contributed by atoms with Gasteiger partial charge in [0.15, 0.2) is 11.7 Å². The lowest BCUT2D eigenvalue weighted by atomic mass is 9.58. The Morgan fingerprint density at radius 3 is 2.56 bits per heavy atom. The number of ketones is 2. The van der Waals surface area contributed by atoms with Crippen LogP contribution in [0.4, 0.5) is 0 Å². The first-order valence-electron chi connectivity index (χ1n) is 14.9. The van der Waals surface area contributed by atoms with Crippen LogP contribution in [0.15, 0.2) is 24.3 Å². The van der Waals surface area contributed by atoms with Crippen molar-refractivity contribution < 1.29 is 24.0 Å². The van der Waals surface area contributed by atoms with E-state index in [0.29, 0.717) is 50.8 Å². The summed E-state index contributed by atoms with van der Waals surface area (Å²) in [6, 6.07) is 4.91. The van der Waals surface area contributed by atoms with Crippen molar-refractivity contribution in [2.45, 2.75) is 89.4 Å². The molecule has 43 heavy (non-hydrogen) atoms. The lowest BCUT2D eigenvalue weighted by molar-refractivity contribution is -0.145. The Labute approximate surface area is 258 Å². The van der Waals surface area contributed by atoms with Gasteiger partial charge in [-0.2, -0.15) is 11.8 Å². The van der Waals surface area contributed by atoms with E-state index in [0.717, 1.165) is 11.1 Å². The van der Waals surface area contributed by atoms with Crippen molar-refractivity contribution in [1.82, 2.24) is 20.9 Å². The van der Waals surface area contributed by atoms with Crippen molar-refractivity contribution in [2.24, 2.45) is 17.6 Å². The number of Topliss-reactive ketones (excluding diaryl/α,β-unsaturated/α-hetero) is 2. The van der Waals surface area contributed by atoms with E-state index in [1.165, 1.54) is 0 Å². The van der Waals surface area contributed by atoms with E-state index < -0.39 is 35.4 Å². The van der Waals surface area contributed by atoms with Gasteiger partial charge in [-0.1, -0.05) is 38.1 Å². The molecule has 0 bridgehead atoms. The number of thioether (sulfide) groups is 1. The van der Waals surface area contributed by atoms with Crippen molar-refractivity contribution in [3.05, 3.63) is 35.4 Å². The van der Waals surface area contributed by atoms with Crippen molar-refractivity contribution in [2.75, 3.05) is 18.6 Å². The zero-order chi connectivity index (χ0) is 31.9. The average molecular weight is 615 g/mol. The van der Waals surface area contributed by atoms with Gasteiger partial charge < -0.3 is 26.6 Å². The Balaban J connectivity index is 1.95. The summed E-state index contributed by atoms with van der Waals surface area (Å²) in [6.45, 7) is 7.75. The minimum Gasteiger partial charge on any atom is -0.370 e. The van der Waals surface area contributed by atoms with Gasteiger partial charge in [-0.25, -0.2) is 0 Å². The van der Waals surface area contributed by atoms with E-state index in [9.17, 15) is 24.0 Å². The van der Waals surface area contributed by atoms with Crippen molar-refractivity contribution >= 4 is 47.5 Å². The van der Waals surface area contributed by atoms with Crippen LogP contribution in [0.3, 0.4) is 0 Å². The van der Waals surface area contributed by atoms with Crippen LogP contribution in [0.5, 0.6) is 0 Å². The minimum atomic E-state index is -1.19. The summed E-state index contributed by atoms with van der Waals surface area (Å²) in [5.41, 5.74) is 5.98. The number of nitrogens with one attached hydrogen (secondary N) is 4. The third kappa shape index (κ3) is 7.39. The predicted molar refractivity (Wildman–Crippen MR) is 168 cm³/mol. The van der Waals surface area contributed by atoms with E-state index in [4.69, 9.17) is 11.1 Å². The van der Waals surface area contributed by atoms with Gasteiger partial charge in [0.05, 0.1) is 11.5 Å². The maximum atomic E-state index is 14.7. The summed E-state index contributed by atoms with van der Waals surface area (Å²) in [5.74, 6) is -1.43. The highest BCUT2D eigenvalue weighted by Gasteiger charge is 2.55. The topological polar surface area (TPSA) is 175 Å². The van der Waals surface area contributed by atoms with Gasteiger partial charge in [0, 0.05) is 30.8 Å². The van der Waals surface area contributed by atoms with Gasteiger partial charge in [-0.3, -0.25) is 29.4 Å². The molecule has 1 heterocycles. The van der Waals surface area contributed by atoms with E-state index in [-0.39, 0.29) is 35.4 Å². The number of guanidine groups is 1. The molecule has 0 radical (unpaired) electrons. The summed E-state index contributed by atoms with van der Waals surface area (Å²) in [4.78, 5) is 68.0. The van der Waals surface area contributed by atoms with Crippen LogP contribution in [0, 0.1) is 17.2 Å². The summed E-state index contributed by atoms with van der Waals surface area (Å²) in [6.07, 6.45) is 4.40. The highest BCUT2D eigenvalue weighted by molar-refractivity contribution is 7.98. The highest BCUT2D eigenvalue weighted by Crippen LogP contribution is 2.45. The molecule has 3 rings (SSSR count). The summed E-state index contributed by atoms with van der Waals surface area (Å²) < 4.78 is 0. The van der Waals surface area contributed by atoms with Gasteiger partial charge >= 0.3 is 0 Å². The molecule has 1 saturated heterocycles. The quantitative estimate of drug-likeness (QED) is 0.0855. The highest BCUT2D eigenvalue weighted by atomic mass is 32.2. The molecule has 1 aliphatic carbocycles. The monoisotopic (exact) mass is 614 g/mol. The number of benzene rings is 1. The lowest BCUT2D eigenvalue weighted by Gasteiger charge is -2.46. The molecule has 0 spiro atoms. The lowest BCUT2D eigenvalue weighted by Crippen LogP contribution is -2.60. The second kappa shape index (κ2) is 14.9. The van der Waals surface area contributed by atoms with Crippen LogP contribution in [0.1, 0.15) is 64.5 Å². The molecule has 6 unspecified atom stereocenters. The average Bonchev–Trinajstić information content (AvgIpc) is 3.24. The second-order valence-electron chi connectivity index (χ2n) is 12.0. The molecule has 0 saturated carbocycles. The van der Waals surface area contributed by atoms with Crippen LogP contribution in [-0.4, -0.2) is 83.4 Å². The number of carbonyl (C=O) groups is 5. The molecule has 6 atom stereocenters. The maximum absolute atomic E-state index is 14.7. The number of amides is 3. The van der Waals surface area contributed by atoms with Crippen LogP contribution in [0.2, 0.25) is 0 Å². The number of likely N-dealkylation sites (tertiary alicyclic amines) is 1. The molecule has 6 N–H and O–H groups in total. The molecule has 1 aromatic carbocycles. The number of hydrogen-bond acceptors (Lipinski definition) is 7. The molecule has 2 aliphatic rings. The Morgan fingerprint density at radius 1 is 1.23 bits per heavy atom. The van der Waals surface area contributed by atoms with Crippen molar-refractivity contribution in [3.63, 3.8) is 0 Å². The number of hydrogen-bond donors (Lipinski definition) is 5. The summed E-state index contributed by atoms with van der Waals surface area (Å²) in [7, 11) is 0. The number of nitrogens with two attached hydrogens (primary N) is 1. The normalized spacial score (nSPS) is 24.7. The minimum absolute atomic E-state index is 0.0287. The molecule has 0 aromatic heterocycles. The molecule has 12 heteroatoms. The van der Waals surface area contributed by atoms with Gasteiger partial charge in [0.2, 0.25) is 18.2 Å². The molecule has 1 aliphatic heterocycles. The SMILES string of the molecule is CSCCC(NC=O)C(=O)NC1CC(C)N(C2Cc3ccccc3C(C)(C(CCCNC(=N)N)C(=O)C(C)C)C2=O)C1=O. The van der Waals surface area contributed by atoms with Crippen molar-refractivity contribution in [1.29, 1.82) is 5.41 Å². The first-order valence-corrected chi connectivity index (χ1v) is 16.3. The molecular weight excluding hydrogens is 568 g/mol. The number of fused-ring (bicyclic) bond motifs is 1. The molecule has 1 fully saturated rings. The van der Waals surface area contributed by atoms with Gasteiger partial charge in [0.25, 0.3) is 0 Å². The molecular formula is C31H46N6O5S. The van der Waals surface area contributed by atoms with Gasteiger partial charge in [0.1, 0.15) is 17.9 Å². The van der Waals surface area contributed by atoms with E-state index in [2.05, 4.69) is 16.0 Å². The Kier molecular flexibility index (Phi) is 11.8. The number of nitrogens with zero attached hydrogens (tertiary/aromatic N) is 1. The third-order valence-electron chi connectivity index (χ3n) is 8.85. The van der Waals surface area contributed by atoms with E-state index in [1.54, 1.807) is 16.7 Å². The van der Waals surface area contributed by atoms with Crippen LogP contribution in [-0.2, 0) is 35.8 Å². The largest absolute Gasteiger partial charge is 0.370 e. The number of rotatable bonds is 15. The fourth-order valence-corrected chi connectivity index (χ4v) is 7.10. The molecule has 11 nitrogen and oxygen atoms in total. The standard InChI is InChI=1S/C31H46N6O5S/c1-18(2)26(39)22(11-8-13-34-30(32)33)31(4)21-10-7-6-9-20(21)16-25(27(31)40)37-19(3)15-24(29(37)42)36-28(41)23(35-17-38)12-14-43-5/h6-7,9-10,17-19,22-25H,8,11-16H2,1-5H3,(H,35,38)(H,36,41)(H4,32,33,34). The first-order chi connectivity index (χ1) is 20.4. The van der Waals surface area contributed by atoms with Gasteiger partial charge in [-0.05, 0) is 62.7 Å². The fourth-order valence-electron chi connectivity index (χ4n) is 6.63. The Hall–Kier alpha value is -3.41. The molecule has 236 valence electrons. The van der Waals surface area contributed by atoms with E-state index >= 15 is 0 Å². The van der Waals surface area contributed by atoms with Crippen molar-refractivity contribution in [3.8, 4) is 0 Å². The summed E-state index contributed by atoms with van der Waals surface area (Å²) >= 11 is 1.55. The maximum Gasteiger partial charge on any atom is 0.246 e. The smallest absolute Gasteiger partial charge is 0.246 e. The third-order valence-corrected chi connectivity index (χ3v) is 9.50. The number of carbonyl (C=O) groups excluding carboxylic acids is 5. The predicted octanol–water partition coefficient (Wildman–Crippen LogP) is 1.52. The summed E-state index contributed by atoms with van der Waals surface area (Å²) in [5, 5.41) is 15.6. The Morgan fingerprint density at radius 2 is 1.93 bits per heavy atom. The zero-order valence-electron chi connectivity index (χ0n) is 25.8. The van der Waals surface area contributed by atoms with Crippen LogP contribution in [0.25, 0.3) is 0 Å². The van der Waals surface area contributed by atoms with Gasteiger partial charge in [-0.15, -0.1) is 0 Å². The first kappa shape index (κ1) is 34.1. The van der Waals surface area contributed by atoms with E-state index in [1.807, 2.05) is 58.2 Å². The zero-order valence-corrected chi connectivity index (χ0v) is 26.6. The van der Waals surface area contributed by atoms with Crippen LogP contribution >= 0.6 is 11.8 Å². The molecule has 3 amide bonds. The van der Waals surface area contributed by atoms with Crippen LogP contribution < -0.4 is 21.7 Å². The second-order valence-corrected chi connectivity index (χ2v) is 13.0. The Bertz CT molecular complexity index is 1220. The fraction of sp³-hybridized carbons (Fsp3) is 0.613.